The second-order valence-electron chi connectivity index (χ2n) is 5.80. The standard InChI is InChI=1S/C16H15F3N4O/c1-10-21-15(22-24-10)12-3-2-6-23(9-12)13-5-4-11(8-20)14(7-13)16(17,18)19/h4-5,7,12H,2-3,6,9H2,1H3/t12-/m1/s1. The van der Waals surface area contributed by atoms with Gasteiger partial charge >= 0.3 is 6.18 Å². The topological polar surface area (TPSA) is 66.0 Å². The molecule has 0 bridgehead atoms. The number of nitrogens with zero attached hydrogens (tertiary/aromatic N) is 4. The molecular formula is C16H15F3N4O. The Morgan fingerprint density at radius 1 is 1.38 bits per heavy atom. The van der Waals surface area contributed by atoms with Crippen LogP contribution in [0.1, 0.15) is 41.6 Å². The maximum atomic E-state index is 13.1. The van der Waals surface area contributed by atoms with Gasteiger partial charge in [-0.2, -0.15) is 23.4 Å². The smallest absolute Gasteiger partial charge is 0.371 e. The van der Waals surface area contributed by atoms with E-state index in [1.165, 1.54) is 6.07 Å². The fraction of sp³-hybridized carbons (Fsp3) is 0.438. The molecule has 24 heavy (non-hydrogen) atoms. The first-order valence-corrected chi connectivity index (χ1v) is 7.55. The van der Waals surface area contributed by atoms with Crippen molar-refractivity contribution in [3.63, 3.8) is 0 Å². The maximum absolute atomic E-state index is 13.1. The van der Waals surface area contributed by atoms with Gasteiger partial charge in [0.05, 0.1) is 17.2 Å². The van der Waals surface area contributed by atoms with E-state index in [1.54, 1.807) is 19.1 Å². The number of halogens is 3. The molecule has 0 unspecified atom stereocenters. The minimum atomic E-state index is -4.55. The molecule has 3 rings (SSSR count). The van der Waals surface area contributed by atoms with Crippen molar-refractivity contribution in [3.8, 4) is 6.07 Å². The van der Waals surface area contributed by atoms with Crippen molar-refractivity contribution in [3.05, 3.63) is 41.0 Å². The summed E-state index contributed by atoms with van der Waals surface area (Å²) in [4.78, 5) is 6.09. The largest absolute Gasteiger partial charge is 0.417 e. The number of anilines is 1. The minimum absolute atomic E-state index is 0.0150. The summed E-state index contributed by atoms with van der Waals surface area (Å²) in [6, 6.07) is 5.42. The highest BCUT2D eigenvalue weighted by molar-refractivity contribution is 5.55. The van der Waals surface area contributed by atoms with Gasteiger partial charge in [-0.05, 0) is 31.0 Å². The predicted molar refractivity (Wildman–Crippen MR) is 79.4 cm³/mol. The van der Waals surface area contributed by atoms with Gasteiger partial charge in [-0.3, -0.25) is 0 Å². The Balaban J connectivity index is 1.87. The number of benzene rings is 1. The summed E-state index contributed by atoms with van der Waals surface area (Å²) in [5.74, 6) is 1.07. The zero-order chi connectivity index (χ0) is 17.3. The van der Waals surface area contributed by atoms with Crippen molar-refractivity contribution in [2.75, 3.05) is 18.0 Å². The molecule has 5 nitrogen and oxygen atoms in total. The number of aryl methyl sites for hydroxylation is 1. The van der Waals surface area contributed by atoms with E-state index in [1.807, 2.05) is 4.90 Å². The van der Waals surface area contributed by atoms with Crippen molar-refractivity contribution in [2.45, 2.75) is 31.9 Å². The molecule has 1 aromatic carbocycles. The van der Waals surface area contributed by atoms with Gasteiger partial charge in [0.2, 0.25) is 5.89 Å². The van der Waals surface area contributed by atoms with E-state index in [-0.39, 0.29) is 11.5 Å². The van der Waals surface area contributed by atoms with Gasteiger partial charge in [0.25, 0.3) is 0 Å². The van der Waals surface area contributed by atoms with Crippen molar-refractivity contribution < 1.29 is 17.7 Å². The highest BCUT2D eigenvalue weighted by atomic mass is 19.4. The molecule has 126 valence electrons. The first-order chi connectivity index (χ1) is 11.4. The molecule has 1 atom stereocenters. The Kier molecular flexibility index (Phi) is 4.18. The molecule has 1 aliphatic rings. The molecule has 2 heterocycles. The monoisotopic (exact) mass is 336 g/mol. The van der Waals surface area contributed by atoms with Crippen molar-refractivity contribution in [1.82, 2.24) is 10.1 Å². The first kappa shape index (κ1) is 16.3. The molecular weight excluding hydrogens is 321 g/mol. The molecule has 0 N–H and O–H groups in total. The van der Waals surface area contributed by atoms with Gasteiger partial charge in [0, 0.05) is 31.6 Å². The van der Waals surface area contributed by atoms with E-state index in [0.29, 0.717) is 30.5 Å². The summed E-state index contributed by atoms with van der Waals surface area (Å²) in [6.07, 6.45) is -2.88. The summed E-state index contributed by atoms with van der Waals surface area (Å²) >= 11 is 0. The molecule has 0 saturated carbocycles. The Morgan fingerprint density at radius 3 is 2.79 bits per heavy atom. The average molecular weight is 336 g/mol. The van der Waals surface area contributed by atoms with Crippen LogP contribution in [-0.4, -0.2) is 23.2 Å². The van der Waals surface area contributed by atoms with Crippen LogP contribution in [0.25, 0.3) is 0 Å². The van der Waals surface area contributed by atoms with Crippen LogP contribution in [0.2, 0.25) is 0 Å². The number of alkyl halides is 3. The van der Waals surface area contributed by atoms with Crippen molar-refractivity contribution in [1.29, 1.82) is 5.26 Å². The molecule has 1 fully saturated rings. The molecule has 0 amide bonds. The molecule has 1 aromatic heterocycles. The molecule has 1 aliphatic heterocycles. The average Bonchev–Trinajstić information content (AvgIpc) is 3.00. The summed E-state index contributed by atoms with van der Waals surface area (Å²) < 4.78 is 44.4. The molecule has 1 saturated heterocycles. The fourth-order valence-corrected chi connectivity index (χ4v) is 2.96. The van der Waals surface area contributed by atoms with Crippen LogP contribution in [0, 0.1) is 18.3 Å². The van der Waals surface area contributed by atoms with Gasteiger partial charge < -0.3 is 9.42 Å². The van der Waals surface area contributed by atoms with E-state index in [2.05, 4.69) is 10.1 Å². The number of nitriles is 1. The maximum Gasteiger partial charge on any atom is 0.417 e. The highest BCUT2D eigenvalue weighted by Gasteiger charge is 2.35. The molecule has 8 heteroatoms. The second kappa shape index (κ2) is 6.15. The SMILES string of the molecule is Cc1nc([C@@H]2CCCN(c3ccc(C#N)c(C(F)(F)F)c3)C2)no1. The lowest BCUT2D eigenvalue weighted by atomic mass is 9.96. The lowest BCUT2D eigenvalue weighted by Crippen LogP contribution is -2.35. The van der Waals surface area contributed by atoms with Gasteiger partial charge in [-0.15, -0.1) is 0 Å². The lowest BCUT2D eigenvalue weighted by Gasteiger charge is -2.33. The van der Waals surface area contributed by atoms with Crippen LogP contribution in [0.15, 0.2) is 22.7 Å². The number of rotatable bonds is 2. The Bertz CT molecular complexity index is 778. The van der Waals surface area contributed by atoms with Crippen LogP contribution >= 0.6 is 0 Å². The Labute approximate surface area is 136 Å². The van der Waals surface area contributed by atoms with E-state index in [4.69, 9.17) is 9.78 Å². The van der Waals surface area contributed by atoms with Crippen molar-refractivity contribution in [2.24, 2.45) is 0 Å². The van der Waals surface area contributed by atoms with Crippen LogP contribution in [0.4, 0.5) is 18.9 Å². The van der Waals surface area contributed by atoms with Gasteiger partial charge in [-0.25, -0.2) is 0 Å². The quantitative estimate of drug-likeness (QED) is 0.837. The third-order valence-electron chi connectivity index (χ3n) is 4.12. The third-order valence-corrected chi connectivity index (χ3v) is 4.12. The van der Waals surface area contributed by atoms with Crippen LogP contribution in [-0.2, 0) is 6.18 Å². The van der Waals surface area contributed by atoms with Gasteiger partial charge in [0.1, 0.15) is 0 Å². The van der Waals surface area contributed by atoms with Crippen LogP contribution in [0.3, 0.4) is 0 Å². The summed E-state index contributed by atoms with van der Waals surface area (Å²) in [5, 5.41) is 12.8. The summed E-state index contributed by atoms with van der Waals surface area (Å²) in [5.41, 5.74) is -0.820. The summed E-state index contributed by atoms with van der Waals surface area (Å²) in [7, 11) is 0. The normalized spacial score (nSPS) is 18.5. The molecule has 0 radical (unpaired) electrons. The minimum Gasteiger partial charge on any atom is -0.371 e. The summed E-state index contributed by atoms with van der Waals surface area (Å²) in [6.45, 7) is 2.87. The van der Waals surface area contributed by atoms with E-state index >= 15 is 0 Å². The number of hydrogen-bond acceptors (Lipinski definition) is 5. The fourth-order valence-electron chi connectivity index (χ4n) is 2.96. The number of piperidine rings is 1. The van der Waals surface area contributed by atoms with Crippen LogP contribution in [0.5, 0.6) is 0 Å². The van der Waals surface area contributed by atoms with E-state index in [0.717, 1.165) is 18.9 Å². The van der Waals surface area contributed by atoms with Crippen molar-refractivity contribution >= 4 is 5.69 Å². The molecule has 0 aliphatic carbocycles. The Hall–Kier alpha value is -2.56. The van der Waals surface area contributed by atoms with Gasteiger partial charge in [-0.1, -0.05) is 5.16 Å². The second-order valence-corrected chi connectivity index (χ2v) is 5.80. The zero-order valence-electron chi connectivity index (χ0n) is 13.0. The third kappa shape index (κ3) is 3.20. The molecule has 2 aromatic rings. The Morgan fingerprint density at radius 2 is 2.17 bits per heavy atom. The molecule has 0 spiro atoms. The number of hydrogen-bond donors (Lipinski definition) is 0. The van der Waals surface area contributed by atoms with E-state index < -0.39 is 11.7 Å². The zero-order valence-corrected chi connectivity index (χ0v) is 13.0. The van der Waals surface area contributed by atoms with Gasteiger partial charge in [0.15, 0.2) is 5.82 Å². The predicted octanol–water partition coefficient (Wildman–Crippen LogP) is 3.65. The lowest BCUT2D eigenvalue weighted by molar-refractivity contribution is -0.137. The first-order valence-electron chi connectivity index (χ1n) is 7.55. The highest BCUT2D eigenvalue weighted by Crippen LogP contribution is 2.36. The number of aromatic nitrogens is 2. The van der Waals surface area contributed by atoms with E-state index in [9.17, 15) is 13.2 Å². The van der Waals surface area contributed by atoms with Crippen LogP contribution < -0.4 is 4.90 Å².